The van der Waals surface area contributed by atoms with E-state index in [4.69, 9.17) is 11.6 Å². The second kappa shape index (κ2) is 2.72. The number of rotatable bonds is 1. The van der Waals surface area contributed by atoms with Gasteiger partial charge < -0.3 is 10.3 Å². The van der Waals surface area contributed by atoms with Gasteiger partial charge in [-0.15, -0.1) is 0 Å². The maximum atomic E-state index is 5.99. The van der Waals surface area contributed by atoms with Crippen LogP contribution in [0, 0.1) is 0 Å². The van der Waals surface area contributed by atoms with Gasteiger partial charge in [-0.25, -0.2) is 0 Å². The fourth-order valence-electron chi connectivity index (χ4n) is 1.35. The molecule has 0 radical (unpaired) electrons. The first-order valence-electron chi connectivity index (χ1n) is 3.76. The Morgan fingerprint density at radius 3 is 3.00 bits per heavy atom. The minimum Gasteiger partial charge on any atom is -0.388 e. The van der Waals surface area contributed by atoms with Crippen LogP contribution < -0.4 is 5.32 Å². The lowest BCUT2D eigenvalue weighted by Gasteiger charge is -2.01. The summed E-state index contributed by atoms with van der Waals surface area (Å²) in [6.07, 6.45) is 1.80. The molecule has 0 saturated heterocycles. The summed E-state index contributed by atoms with van der Waals surface area (Å²) in [4.78, 5) is 3.09. The van der Waals surface area contributed by atoms with E-state index in [1.807, 2.05) is 25.2 Å². The lowest BCUT2D eigenvalue weighted by atomic mass is 10.2. The molecule has 2 rings (SSSR count). The number of H-pyrrole nitrogens is 1. The number of anilines is 1. The van der Waals surface area contributed by atoms with Gasteiger partial charge in [0, 0.05) is 29.8 Å². The Hall–Kier alpha value is -1.15. The molecule has 0 fully saturated rings. The number of benzene rings is 1. The molecule has 0 unspecified atom stereocenters. The van der Waals surface area contributed by atoms with Gasteiger partial charge in [0.2, 0.25) is 0 Å². The summed E-state index contributed by atoms with van der Waals surface area (Å²) in [5.74, 6) is 0. The highest BCUT2D eigenvalue weighted by molar-refractivity contribution is 6.36. The monoisotopic (exact) mass is 180 g/mol. The highest BCUT2D eigenvalue weighted by Crippen LogP contribution is 2.29. The van der Waals surface area contributed by atoms with Crippen molar-refractivity contribution in [1.82, 2.24) is 4.98 Å². The van der Waals surface area contributed by atoms with Crippen LogP contribution in [0.3, 0.4) is 0 Å². The molecule has 0 bridgehead atoms. The molecule has 0 aliphatic rings. The van der Waals surface area contributed by atoms with Crippen LogP contribution in [0.1, 0.15) is 0 Å². The molecular formula is C9H9ClN2. The van der Waals surface area contributed by atoms with Crippen LogP contribution in [0.5, 0.6) is 0 Å². The fraction of sp³-hybridized carbons (Fsp3) is 0.111. The van der Waals surface area contributed by atoms with E-state index in [1.165, 1.54) is 0 Å². The van der Waals surface area contributed by atoms with Gasteiger partial charge >= 0.3 is 0 Å². The van der Waals surface area contributed by atoms with Crippen molar-refractivity contribution >= 4 is 28.2 Å². The van der Waals surface area contributed by atoms with Crippen molar-refractivity contribution in [3.63, 3.8) is 0 Å². The summed E-state index contributed by atoms with van der Waals surface area (Å²) in [6, 6.07) is 5.99. The van der Waals surface area contributed by atoms with E-state index in [2.05, 4.69) is 10.3 Å². The molecule has 1 aromatic carbocycles. The lowest BCUT2D eigenvalue weighted by molar-refractivity contribution is 1.47. The molecule has 0 atom stereocenters. The average molecular weight is 181 g/mol. The molecule has 62 valence electrons. The molecule has 0 amide bonds. The number of hydrogen-bond acceptors (Lipinski definition) is 1. The Balaban J connectivity index is 2.84. The second-order valence-corrected chi connectivity index (χ2v) is 3.02. The first-order chi connectivity index (χ1) is 5.83. The van der Waals surface area contributed by atoms with Crippen molar-refractivity contribution in [2.75, 3.05) is 12.4 Å². The average Bonchev–Trinajstić information content (AvgIpc) is 2.48. The first kappa shape index (κ1) is 7.50. The molecule has 0 aliphatic heterocycles. The Labute approximate surface area is 75.5 Å². The SMILES string of the molecule is CNc1cccc2[nH]cc(Cl)c12. The van der Waals surface area contributed by atoms with Gasteiger partial charge in [0.1, 0.15) is 0 Å². The minimum absolute atomic E-state index is 0.759. The topological polar surface area (TPSA) is 27.8 Å². The van der Waals surface area contributed by atoms with Crippen molar-refractivity contribution < 1.29 is 0 Å². The maximum absolute atomic E-state index is 5.99. The summed E-state index contributed by atoms with van der Waals surface area (Å²) in [5, 5.41) is 4.91. The van der Waals surface area contributed by atoms with Crippen molar-refractivity contribution in [1.29, 1.82) is 0 Å². The number of aromatic nitrogens is 1. The number of nitrogens with one attached hydrogen (secondary N) is 2. The van der Waals surface area contributed by atoms with E-state index < -0.39 is 0 Å². The van der Waals surface area contributed by atoms with Gasteiger partial charge in [-0.05, 0) is 12.1 Å². The van der Waals surface area contributed by atoms with Crippen LogP contribution in [0.2, 0.25) is 5.02 Å². The predicted octanol–water partition coefficient (Wildman–Crippen LogP) is 2.86. The summed E-state index contributed by atoms with van der Waals surface area (Å²) < 4.78 is 0. The third kappa shape index (κ3) is 0.959. The van der Waals surface area contributed by atoms with Crippen LogP contribution >= 0.6 is 11.6 Å². The van der Waals surface area contributed by atoms with E-state index in [-0.39, 0.29) is 0 Å². The van der Waals surface area contributed by atoms with Gasteiger partial charge in [-0.3, -0.25) is 0 Å². The maximum Gasteiger partial charge on any atom is 0.0680 e. The first-order valence-corrected chi connectivity index (χ1v) is 4.14. The molecule has 3 heteroatoms. The smallest absolute Gasteiger partial charge is 0.0680 e. The van der Waals surface area contributed by atoms with Crippen LogP contribution in [0.25, 0.3) is 10.9 Å². The number of fused-ring (bicyclic) bond motifs is 1. The van der Waals surface area contributed by atoms with Gasteiger partial charge in [0.05, 0.1) is 5.02 Å². The number of hydrogen-bond donors (Lipinski definition) is 2. The Morgan fingerprint density at radius 2 is 2.25 bits per heavy atom. The molecule has 1 heterocycles. The van der Waals surface area contributed by atoms with Gasteiger partial charge in [0.15, 0.2) is 0 Å². The summed E-state index contributed by atoms with van der Waals surface area (Å²) in [7, 11) is 1.89. The molecule has 1 aromatic heterocycles. The standard InChI is InChI=1S/C9H9ClN2/c1-11-7-3-2-4-8-9(7)6(10)5-12-8/h2-5,11-12H,1H3. The fourth-order valence-corrected chi connectivity index (χ4v) is 1.61. The molecule has 0 aliphatic carbocycles. The van der Waals surface area contributed by atoms with Crippen molar-refractivity contribution in [3.8, 4) is 0 Å². The molecule has 2 aromatic rings. The van der Waals surface area contributed by atoms with Crippen LogP contribution in [-0.4, -0.2) is 12.0 Å². The number of aromatic amines is 1. The van der Waals surface area contributed by atoms with Crippen LogP contribution in [-0.2, 0) is 0 Å². The predicted molar refractivity (Wildman–Crippen MR) is 52.9 cm³/mol. The zero-order chi connectivity index (χ0) is 8.55. The molecule has 0 saturated carbocycles. The molecule has 0 spiro atoms. The highest BCUT2D eigenvalue weighted by Gasteiger charge is 2.04. The summed E-state index contributed by atoms with van der Waals surface area (Å²) >= 11 is 5.99. The largest absolute Gasteiger partial charge is 0.388 e. The summed E-state index contributed by atoms with van der Waals surface area (Å²) in [6.45, 7) is 0. The van der Waals surface area contributed by atoms with E-state index in [9.17, 15) is 0 Å². The molecule has 2 nitrogen and oxygen atoms in total. The van der Waals surface area contributed by atoms with Gasteiger partial charge in [-0.1, -0.05) is 17.7 Å². The Kier molecular flexibility index (Phi) is 1.70. The van der Waals surface area contributed by atoms with E-state index in [0.29, 0.717) is 0 Å². The normalized spacial score (nSPS) is 10.5. The molecule has 12 heavy (non-hydrogen) atoms. The molecular weight excluding hydrogens is 172 g/mol. The second-order valence-electron chi connectivity index (χ2n) is 2.61. The number of halogens is 1. The third-order valence-corrected chi connectivity index (χ3v) is 2.23. The van der Waals surface area contributed by atoms with Crippen molar-refractivity contribution in [2.45, 2.75) is 0 Å². The zero-order valence-electron chi connectivity index (χ0n) is 6.69. The van der Waals surface area contributed by atoms with Gasteiger partial charge in [0.25, 0.3) is 0 Å². The van der Waals surface area contributed by atoms with E-state index in [1.54, 1.807) is 6.20 Å². The van der Waals surface area contributed by atoms with Crippen molar-refractivity contribution in [3.05, 3.63) is 29.4 Å². The Bertz CT molecular complexity index is 406. The minimum atomic E-state index is 0.759. The van der Waals surface area contributed by atoms with E-state index >= 15 is 0 Å². The quantitative estimate of drug-likeness (QED) is 0.694. The van der Waals surface area contributed by atoms with Crippen LogP contribution in [0.4, 0.5) is 5.69 Å². The Morgan fingerprint density at radius 1 is 1.42 bits per heavy atom. The highest BCUT2D eigenvalue weighted by atomic mass is 35.5. The summed E-state index contributed by atoms with van der Waals surface area (Å²) in [5.41, 5.74) is 2.12. The zero-order valence-corrected chi connectivity index (χ0v) is 7.44. The van der Waals surface area contributed by atoms with Crippen molar-refractivity contribution in [2.24, 2.45) is 0 Å². The third-order valence-electron chi connectivity index (χ3n) is 1.93. The van der Waals surface area contributed by atoms with E-state index in [0.717, 1.165) is 21.6 Å². The lowest BCUT2D eigenvalue weighted by Crippen LogP contribution is -1.87. The van der Waals surface area contributed by atoms with Crippen LogP contribution in [0.15, 0.2) is 24.4 Å². The molecule has 2 N–H and O–H groups in total. The van der Waals surface area contributed by atoms with Gasteiger partial charge in [-0.2, -0.15) is 0 Å².